The van der Waals surface area contributed by atoms with Crippen LogP contribution in [0.15, 0.2) is 24.3 Å². The van der Waals surface area contributed by atoms with Crippen LogP contribution in [0.2, 0.25) is 0 Å². The van der Waals surface area contributed by atoms with Crippen molar-refractivity contribution in [2.45, 2.75) is 70.0 Å². The van der Waals surface area contributed by atoms with Crippen LogP contribution in [0, 0.1) is 10.1 Å². The number of hydrogen-bond acceptors (Lipinski definition) is 9. The van der Waals surface area contributed by atoms with Crippen molar-refractivity contribution in [1.82, 2.24) is 0 Å². The summed E-state index contributed by atoms with van der Waals surface area (Å²) < 4.78 is 35.0. The Morgan fingerprint density at radius 1 is 1.00 bits per heavy atom. The van der Waals surface area contributed by atoms with E-state index in [0.29, 0.717) is 0 Å². The molecule has 10 heteroatoms. The second-order valence-corrected chi connectivity index (χ2v) is 8.11. The summed E-state index contributed by atoms with van der Waals surface area (Å²) in [6.45, 7) is 7.06. The summed E-state index contributed by atoms with van der Waals surface area (Å²) in [5.41, 5.74) is 0.0946. The highest BCUT2D eigenvalue weighted by atomic mass is 16.9. The Morgan fingerprint density at radius 3 is 2.24 bits per heavy atom. The Bertz CT molecular complexity index is 806. The number of esters is 1. The standard InChI is InChI=1S/C19H23NO9/c1-18(2)26-13-12(25-17-15(14(13)27-18)28-19(3,4)29-17)9-24-16(21)10-5-7-11(8-6-10)20(22)23/h5-8,12-15,17H,9H2,1-4H3/t12-,13+,14+,15-,17-/m1/s1. The lowest BCUT2D eigenvalue weighted by atomic mass is 9.99. The SMILES string of the molecule is CC1(C)O[C@H]2[C@@H](O1)[C@@H](COC(=O)c1ccc([N+](=O)[O-])cc1)O[C@@H]1OC(C)(C)O[C@@H]12. The zero-order valence-electron chi connectivity index (χ0n) is 16.5. The molecule has 0 N–H and O–H groups in total. The van der Waals surface area contributed by atoms with Gasteiger partial charge in [0.15, 0.2) is 17.9 Å². The first-order valence-corrected chi connectivity index (χ1v) is 9.33. The van der Waals surface area contributed by atoms with Gasteiger partial charge < -0.3 is 28.4 Å². The Hall–Kier alpha value is -2.11. The summed E-state index contributed by atoms with van der Waals surface area (Å²) >= 11 is 0. The largest absolute Gasteiger partial charge is 0.459 e. The smallest absolute Gasteiger partial charge is 0.338 e. The molecule has 0 bridgehead atoms. The molecule has 1 aromatic carbocycles. The molecule has 3 aliphatic rings. The van der Waals surface area contributed by atoms with Crippen LogP contribution >= 0.6 is 0 Å². The van der Waals surface area contributed by atoms with Gasteiger partial charge in [-0.2, -0.15) is 0 Å². The van der Waals surface area contributed by atoms with Gasteiger partial charge in [-0.3, -0.25) is 10.1 Å². The lowest BCUT2D eigenvalue weighted by Crippen LogP contribution is -2.56. The van der Waals surface area contributed by atoms with Crippen molar-refractivity contribution in [1.29, 1.82) is 0 Å². The third kappa shape index (κ3) is 3.99. The third-order valence-electron chi connectivity index (χ3n) is 4.94. The van der Waals surface area contributed by atoms with Crippen LogP contribution in [0.4, 0.5) is 5.69 Å². The highest BCUT2D eigenvalue weighted by molar-refractivity contribution is 5.89. The lowest BCUT2D eigenvalue weighted by Gasteiger charge is -2.36. The van der Waals surface area contributed by atoms with Gasteiger partial charge >= 0.3 is 5.97 Å². The van der Waals surface area contributed by atoms with Crippen LogP contribution in [-0.4, -0.2) is 59.8 Å². The molecule has 0 amide bonds. The first-order chi connectivity index (χ1) is 13.5. The number of rotatable bonds is 4. The average Bonchev–Trinajstić information content (AvgIpc) is 3.13. The van der Waals surface area contributed by atoms with E-state index in [1.807, 2.05) is 0 Å². The second-order valence-electron chi connectivity index (χ2n) is 8.11. The van der Waals surface area contributed by atoms with Crippen LogP contribution in [0.3, 0.4) is 0 Å². The van der Waals surface area contributed by atoms with Gasteiger partial charge in [0.05, 0.1) is 10.5 Å². The molecule has 0 unspecified atom stereocenters. The molecule has 0 spiro atoms. The number of ether oxygens (including phenoxy) is 6. The second kappa shape index (κ2) is 6.99. The molecule has 3 aliphatic heterocycles. The Balaban J connectivity index is 1.45. The molecule has 10 nitrogen and oxygen atoms in total. The Kier molecular flexibility index (Phi) is 4.87. The number of benzene rings is 1. The van der Waals surface area contributed by atoms with E-state index >= 15 is 0 Å². The summed E-state index contributed by atoms with van der Waals surface area (Å²) in [5, 5.41) is 10.7. The van der Waals surface area contributed by atoms with Crippen molar-refractivity contribution in [2.75, 3.05) is 6.61 Å². The number of non-ortho nitro benzene ring substituents is 1. The molecule has 4 rings (SSSR count). The highest BCUT2D eigenvalue weighted by Gasteiger charge is 2.60. The molecular formula is C19H23NO9. The molecule has 3 heterocycles. The minimum Gasteiger partial charge on any atom is -0.459 e. The quantitative estimate of drug-likeness (QED) is 0.419. The number of nitro benzene ring substituents is 1. The fourth-order valence-corrected chi connectivity index (χ4v) is 3.79. The van der Waals surface area contributed by atoms with Gasteiger partial charge in [-0.25, -0.2) is 4.79 Å². The summed E-state index contributed by atoms with van der Waals surface area (Å²) in [6.07, 6.45) is -2.70. The van der Waals surface area contributed by atoms with Crippen molar-refractivity contribution < 1.29 is 38.1 Å². The third-order valence-corrected chi connectivity index (χ3v) is 4.94. The zero-order valence-corrected chi connectivity index (χ0v) is 16.5. The van der Waals surface area contributed by atoms with Gasteiger partial charge in [-0.05, 0) is 39.8 Å². The molecule has 1 aromatic rings. The molecule has 3 fully saturated rings. The average molecular weight is 409 g/mol. The Morgan fingerprint density at radius 2 is 1.59 bits per heavy atom. The minimum atomic E-state index is -0.843. The molecule has 158 valence electrons. The van der Waals surface area contributed by atoms with Crippen LogP contribution in [0.1, 0.15) is 38.1 Å². The van der Waals surface area contributed by atoms with Gasteiger partial charge in [0, 0.05) is 12.1 Å². The molecule has 3 saturated heterocycles. The van der Waals surface area contributed by atoms with Crippen molar-refractivity contribution in [2.24, 2.45) is 0 Å². The maximum atomic E-state index is 12.3. The van der Waals surface area contributed by atoms with E-state index in [2.05, 4.69) is 0 Å². The van der Waals surface area contributed by atoms with Crippen molar-refractivity contribution >= 4 is 11.7 Å². The van der Waals surface area contributed by atoms with Gasteiger partial charge in [0.2, 0.25) is 0 Å². The summed E-state index contributed by atoms with van der Waals surface area (Å²) in [5.74, 6) is -2.30. The topological polar surface area (TPSA) is 116 Å². The van der Waals surface area contributed by atoms with Crippen molar-refractivity contribution in [3.8, 4) is 0 Å². The van der Waals surface area contributed by atoms with E-state index in [0.717, 1.165) is 0 Å². The van der Waals surface area contributed by atoms with E-state index < -0.39 is 53.2 Å². The predicted molar refractivity (Wildman–Crippen MR) is 95.9 cm³/mol. The van der Waals surface area contributed by atoms with Crippen LogP contribution in [0.5, 0.6) is 0 Å². The van der Waals surface area contributed by atoms with Gasteiger partial charge in [0.1, 0.15) is 31.0 Å². The highest BCUT2D eigenvalue weighted by Crippen LogP contribution is 2.44. The fourth-order valence-electron chi connectivity index (χ4n) is 3.79. The van der Waals surface area contributed by atoms with Crippen LogP contribution < -0.4 is 0 Å². The number of nitrogens with zero attached hydrogens (tertiary/aromatic N) is 1. The summed E-state index contributed by atoms with van der Waals surface area (Å²) in [7, 11) is 0. The molecule has 29 heavy (non-hydrogen) atoms. The number of carbonyl (C=O) groups excluding carboxylic acids is 1. The van der Waals surface area contributed by atoms with E-state index in [9.17, 15) is 14.9 Å². The molecule has 0 aliphatic carbocycles. The summed E-state index contributed by atoms with van der Waals surface area (Å²) in [6, 6.07) is 5.18. The molecule has 0 saturated carbocycles. The van der Waals surface area contributed by atoms with E-state index in [-0.39, 0.29) is 17.9 Å². The molecule has 0 radical (unpaired) electrons. The van der Waals surface area contributed by atoms with Gasteiger partial charge in [-0.1, -0.05) is 0 Å². The van der Waals surface area contributed by atoms with E-state index in [1.165, 1.54) is 24.3 Å². The number of fused-ring (bicyclic) bond motifs is 3. The first kappa shape index (κ1) is 20.2. The number of carbonyl (C=O) groups is 1. The molecular weight excluding hydrogens is 386 g/mol. The van der Waals surface area contributed by atoms with E-state index in [4.69, 9.17) is 28.4 Å². The van der Waals surface area contributed by atoms with Gasteiger partial charge in [0.25, 0.3) is 5.69 Å². The maximum absolute atomic E-state index is 12.3. The van der Waals surface area contributed by atoms with Crippen LogP contribution in [0.25, 0.3) is 0 Å². The maximum Gasteiger partial charge on any atom is 0.338 e. The lowest BCUT2D eigenvalue weighted by molar-refractivity contribution is -0.384. The number of nitro groups is 1. The Labute approximate surface area is 167 Å². The van der Waals surface area contributed by atoms with Crippen LogP contribution in [-0.2, 0) is 28.4 Å². The predicted octanol–water partition coefficient (Wildman–Crippen LogP) is 2.15. The number of hydrogen-bond donors (Lipinski definition) is 0. The van der Waals surface area contributed by atoms with E-state index in [1.54, 1.807) is 27.7 Å². The monoisotopic (exact) mass is 409 g/mol. The fraction of sp³-hybridized carbons (Fsp3) is 0.632. The van der Waals surface area contributed by atoms with Gasteiger partial charge in [-0.15, -0.1) is 0 Å². The molecule has 5 atom stereocenters. The summed E-state index contributed by atoms with van der Waals surface area (Å²) in [4.78, 5) is 22.5. The first-order valence-electron chi connectivity index (χ1n) is 9.33. The normalized spacial score (nSPS) is 34.3. The van der Waals surface area contributed by atoms with Crippen molar-refractivity contribution in [3.05, 3.63) is 39.9 Å². The van der Waals surface area contributed by atoms with Crippen molar-refractivity contribution in [3.63, 3.8) is 0 Å². The zero-order chi connectivity index (χ0) is 21.0. The molecule has 0 aromatic heterocycles. The minimum absolute atomic E-state index is 0.0938.